The van der Waals surface area contributed by atoms with Gasteiger partial charge >= 0.3 is 0 Å². The lowest BCUT2D eigenvalue weighted by Gasteiger charge is -2.36. The van der Waals surface area contributed by atoms with Crippen molar-refractivity contribution in [3.05, 3.63) is 65.0 Å². The quantitative estimate of drug-likeness (QED) is 0.538. The lowest BCUT2D eigenvalue weighted by atomic mass is 9.76. The molecule has 0 amide bonds. The van der Waals surface area contributed by atoms with Gasteiger partial charge in [0.25, 0.3) is 0 Å². The minimum Gasteiger partial charge on any atom is -0.260 e. The summed E-state index contributed by atoms with van der Waals surface area (Å²) in [4.78, 5) is 4.90. The predicted molar refractivity (Wildman–Crippen MR) is 120 cm³/mol. The van der Waals surface area contributed by atoms with Crippen LogP contribution in [0.1, 0.15) is 95.0 Å². The second-order valence-electron chi connectivity index (χ2n) is 9.32. The molecule has 1 aliphatic rings. The standard InChI is InChI=1S/C25H35NS/c1-18(2)19-11-13-20(14-12-19)24(3,4)23-16-15-22(17-26-23)25(5,27)21-9-7-6-8-10-21/h11-18,21,27H,6-10H2,1-5H3. The molecule has 1 unspecified atom stereocenters. The van der Waals surface area contributed by atoms with Crippen molar-refractivity contribution >= 4 is 12.6 Å². The zero-order chi connectivity index (χ0) is 19.7. The van der Waals surface area contributed by atoms with Gasteiger partial charge in [-0.05, 0) is 54.4 Å². The molecule has 2 aromatic rings. The minimum absolute atomic E-state index is 0.0883. The summed E-state index contributed by atoms with van der Waals surface area (Å²) in [6, 6.07) is 13.5. The monoisotopic (exact) mass is 381 g/mol. The fourth-order valence-corrected chi connectivity index (χ4v) is 4.79. The Hall–Kier alpha value is -1.28. The lowest BCUT2D eigenvalue weighted by Crippen LogP contribution is -2.29. The van der Waals surface area contributed by atoms with Crippen LogP contribution in [-0.4, -0.2) is 4.98 Å². The normalized spacial score (nSPS) is 18.5. The van der Waals surface area contributed by atoms with Crippen LogP contribution in [0.5, 0.6) is 0 Å². The van der Waals surface area contributed by atoms with Crippen molar-refractivity contribution in [2.24, 2.45) is 5.92 Å². The maximum Gasteiger partial charge on any atom is 0.0503 e. The van der Waals surface area contributed by atoms with Crippen molar-refractivity contribution in [1.82, 2.24) is 4.98 Å². The summed E-state index contributed by atoms with van der Waals surface area (Å²) >= 11 is 5.09. The summed E-state index contributed by atoms with van der Waals surface area (Å²) in [5.74, 6) is 1.21. The summed E-state index contributed by atoms with van der Waals surface area (Å²) in [7, 11) is 0. The molecule has 1 nitrogen and oxygen atoms in total. The highest BCUT2D eigenvalue weighted by Crippen LogP contribution is 2.44. The largest absolute Gasteiger partial charge is 0.260 e. The predicted octanol–water partition coefficient (Wildman–Crippen LogP) is 7.26. The van der Waals surface area contributed by atoms with Crippen LogP contribution >= 0.6 is 12.6 Å². The molecule has 0 aliphatic heterocycles. The third-order valence-corrected chi connectivity index (χ3v) is 7.31. The van der Waals surface area contributed by atoms with Crippen molar-refractivity contribution in [3.8, 4) is 0 Å². The average Bonchev–Trinajstić information content (AvgIpc) is 2.69. The summed E-state index contributed by atoms with van der Waals surface area (Å²) in [5, 5.41) is 0. The van der Waals surface area contributed by atoms with Crippen molar-refractivity contribution in [3.63, 3.8) is 0 Å². The van der Waals surface area contributed by atoms with Crippen molar-refractivity contribution in [2.45, 2.75) is 82.8 Å². The summed E-state index contributed by atoms with van der Waals surface area (Å²) < 4.78 is -0.0883. The molecule has 0 saturated heterocycles. The molecule has 0 spiro atoms. The molecule has 0 bridgehead atoms. The first kappa shape index (κ1) is 20.5. The number of pyridine rings is 1. The van der Waals surface area contributed by atoms with Crippen LogP contribution in [0.4, 0.5) is 0 Å². The van der Waals surface area contributed by atoms with Crippen LogP contribution in [0.25, 0.3) is 0 Å². The van der Waals surface area contributed by atoms with Crippen LogP contribution < -0.4 is 0 Å². The third-order valence-electron chi connectivity index (χ3n) is 6.69. The first-order valence-corrected chi connectivity index (χ1v) is 11.0. The van der Waals surface area contributed by atoms with E-state index in [1.54, 1.807) is 0 Å². The van der Waals surface area contributed by atoms with E-state index >= 15 is 0 Å². The number of thiol groups is 1. The Labute approximate surface area is 171 Å². The molecular weight excluding hydrogens is 346 g/mol. The van der Waals surface area contributed by atoms with Crippen LogP contribution in [0.3, 0.4) is 0 Å². The molecule has 1 aromatic heterocycles. The van der Waals surface area contributed by atoms with E-state index in [9.17, 15) is 0 Å². The van der Waals surface area contributed by atoms with E-state index in [0.29, 0.717) is 11.8 Å². The molecule has 3 rings (SSSR count). The Morgan fingerprint density at radius 3 is 2.00 bits per heavy atom. The summed E-state index contributed by atoms with van der Waals surface area (Å²) in [6.07, 6.45) is 8.70. The molecule has 27 heavy (non-hydrogen) atoms. The molecule has 1 atom stereocenters. The van der Waals surface area contributed by atoms with Gasteiger partial charge in [-0.15, -0.1) is 0 Å². The van der Waals surface area contributed by atoms with E-state index in [-0.39, 0.29) is 10.2 Å². The van der Waals surface area contributed by atoms with Crippen LogP contribution in [-0.2, 0) is 10.2 Å². The van der Waals surface area contributed by atoms with Crippen LogP contribution in [0, 0.1) is 5.92 Å². The second kappa shape index (κ2) is 7.99. The van der Waals surface area contributed by atoms with Crippen molar-refractivity contribution in [2.75, 3.05) is 0 Å². The van der Waals surface area contributed by atoms with E-state index < -0.39 is 0 Å². The van der Waals surface area contributed by atoms with Gasteiger partial charge in [0.2, 0.25) is 0 Å². The molecule has 1 heterocycles. The second-order valence-corrected chi connectivity index (χ2v) is 10.2. The highest BCUT2D eigenvalue weighted by Gasteiger charge is 2.34. The molecule has 1 aliphatic carbocycles. The Morgan fingerprint density at radius 1 is 0.889 bits per heavy atom. The highest BCUT2D eigenvalue weighted by molar-refractivity contribution is 7.81. The van der Waals surface area contributed by atoms with Gasteiger partial charge < -0.3 is 0 Å². The van der Waals surface area contributed by atoms with Crippen LogP contribution in [0.15, 0.2) is 42.6 Å². The van der Waals surface area contributed by atoms with Gasteiger partial charge in [-0.3, -0.25) is 4.98 Å². The first-order chi connectivity index (χ1) is 12.7. The van der Waals surface area contributed by atoms with E-state index in [1.807, 2.05) is 0 Å². The smallest absolute Gasteiger partial charge is 0.0503 e. The number of benzene rings is 1. The zero-order valence-corrected chi connectivity index (χ0v) is 18.5. The number of nitrogens with zero attached hydrogens (tertiary/aromatic N) is 1. The van der Waals surface area contributed by atoms with Crippen molar-refractivity contribution < 1.29 is 0 Å². The Balaban J connectivity index is 1.83. The molecule has 146 valence electrons. The van der Waals surface area contributed by atoms with Gasteiger partial charge in [0.15, 0.2) is 0 Å². The Bertz CT molecular complexity index is 735. The Kier molecular flexibility index (Phi) is 6.05. The maximum absolute atomic E-state index is 5.09. The third kappa shape index (κ3) is 4.26. The first-order valence-electron chi connectivity index (χ1n) is 10.5. The highest BCUT2D eigenvalue weighted by atomic mass is 32.1. The van der Waals surface area contributed by atoms with Gasteiger partial charge in [0.1, 0.15) is 0 Å². The molecule has 2 heteroatoms. The molecule has 1 fully saturated rings. The number of hydrogen-bond donors (Lipinski definition) is 1. The molecule has 0 radical (unpaired) electrons. The summed E-state index contributed by atoms with van der Waals surface area (Å²) in [6.45, 7) is 11.3. The number of rotatable bonds is 5. The summed E-state index contributed by atoms with van der Waals surface area (Å²) in [5.41, 5.74) is 4.97. The van der Waals surface area contributed by atoms with Gasteiger partial charge in [0.05, 0.1) is 5.69 Å². The fourth-order valence-electron chi connectivity index (χ4n) is 4.40. The van der Waals surface area contributed by atoms with E-state index in [4.69, 9.17) is 17.6 Å². The van der Waals surface area contributed by atoms with Crippen molar-refractivity contribution in [1.29, 1.82) is 0 Å². The van der Waals surface area contributed by atoms with E-state index in [0.717, 1.165) is 5.69 Å². The zero-order valence-electron chi connectivity index (χ0n) is 17.6. The molecule has 0 N–H and O–H groups in total. The van der Waals surface area contributed by atoms with Gasteiger partial charge in [0, 0.05) is 16.4 Å². The van der Waals surface area contributed by atoms with Gasteiger partial charge in [-0.1, -0.05) is 77.3 Å². The maximum atomic E-state index is 5.09. The van der Waals surface area contributed by atoms with Gasteiger partial charge in [-0.25, -0.2) is 0 Å². The number of hydrogen-bond acceptors (Lipinski definition) is 2. The average molecular weight is 382 g/mol. The lowest BCUT2D eigenvalue weighted by molar-refractivity contribution is 0.294. The van der Waals surface area contributed by atoms with E-state index in [2.05, 4.69) is 77.2 Å². The minimum atomic E-state index is -0.105. The molecule has 1 aromatic carbocycles. The molecule has 1 saturated carbocycles. The fraction of sp³-hybridized carbons (Fsp3) is 0.560. The van der Waals surface area contributed by atoms with Crippen LogP contribution in [0.2, 0.25) is 0 Å². The van der Waals surface area contributed by atoms with Gasteiger partial charge in [-0.2, -0.15) is 12.6 Å². The van der Waals surface area contributed by atoms with E-state index in [1.165, 1.54) is 48.8 Å². The number of aromatic nitrogens is 1. The Morgan fingerprint density at radius 2 is 1.48 bits per heavy atom. The topological polar surface area (TPSA) is 12.9 Å². The SMILES string of the molecule is CC(C)c1ccc(C(C)(C)c2ccc(C(C)(S)C3CCCCC3)cn2)cc1. The molecular formula is C25H35NS.